The largest absolute Gasteiger partial charge is 0.278 e. The number of hydrogen-bond acceptors (Lipinski definition) is 3. The summed E-state index contributed by atoms with van der Waals surface area (Å²) in [6.45, 7) is 8.57. The Balaban J connectivity index is 1.41. The van der Waals surface area contributed by atoms with Gasteiger partial charge in [-0.15, -0.1) is 5.10 Å². The average molecular weight is 505 g/mol. The molecule has 1 N–H and O–H groups in total. The number of nitrogens with one attached hydrogen (secondary N) is 1. The van der Waals surface area contributed by atoms with Crippen molar-refractivity contribution in [2.24, 2.45) is 0 Å². The van der Waals surface area contributed by atoms with E-state index in [0.717, 1.165) is 29.0 Å². The lowest BCUT2D eigenvalue weighted by Crippen LogP contribution is -2.12. The van der Waals surface area contributed by atoms with Crippen molar-refractivity contribution in [2.75, 3.05) is 5.75 Å². The predicted molar refractivity (Wildman–Crippen MR) is 145 cm³/mol. The van der Waals surface area contributed by atoms with E-state index in [0.29, 0.717) is 22.2 Å². The van der Waals surface area contributed by atoms with E-state index in [9.17, 15) is 4.21 Å². The van der Waals surface area contributed by atoms with Crippen LogP contribution in [-0.4, -0.2) is 29.8 Å². The molecular weight excluding hydrogens is 464 g/mol. The first-order valence-electron chi connectivity index (χ1n) is 12.9. The second kappa shape index (κ2) is 12.9. The fourth-order valence-electron chi connectivity index (χ4n) is 4.18. The predicted octanol–water partition coefficient (Wildman–Crippen LogP) is 7.84. The van der Waals surface area contributed by atoms with Crippen LogP contribution < -0.4 is 0 Å². The van der Waals surface area contributed by atoms with Crippen molar-refractivity contribution in [2.45, 2.75) is 103 Å². The molecule has 1 aromatic carbocycles. The summed E-state index contributed by atoms with van der Waals surface area (Å²) in [4.78, 5) is 4.63. The third-order valence-electron chi connectivity index (χ3n) is 6.26. The summed E-state index contributed by atoms with van der Waals surface area (Å²) in [7, 11) is -0.813. The van der Waals surface area contributed by atoms with Gasteiger partial charge in [-0.1, -0.05) is 121 Å². The summed E-state index contributed by atoms with van der Waals surface area (Å²) in [5.41, 5.74) is 3.48. The lowest BCUT2D eigenvalue weighted by atomic mass is 9.92. The van der Waals surface area contributed by atoms with Crippen LogP contribution in [0.15, 0.2) is 24.3 Å². The maximum absolute atomic E-state index is 12.5. The molecule has 0 spiro atoms. The second-order valence-corrected chi connectivity index (χ2v) is 12.3. The first-order valence-corrected chi connectivity index (χ1v) is 14.7. The minimum Gasteiger partial charge on any atom is -0.278 e. The van der Waals surface area contributed by atoms with E-state index in [1.54, 1.807) is 4.63 Å². The van der Waals surface area contributed by atoms with Gasteiger partial charge >= 0.3 is 0 Å². The Morgan fingerprint density at radius 2 is 1.53 bits per heavy atom. The molecule has 3 aromatic rings. The van der Waals surface area contributed by atoms with Crippen molar-refractivity contribution in [3.8, 4) is 11.4 Å². The average Bonchev–Trinajstić information content (AvgIpc) is 3.35. The Morgan fingerprint density at radius 1 is 0.941 bits per heavy atom. The molecule has 34 heavy (non-hydrogen) atoms. The van der Waals surface area contributed by atoms with Crippen LogP contribution in [-0.2, 0) is 22.0 Å². The Hall–Kier alpha value is -1.66. The highest BCUT2D eigenvalue weighted by atomic mass is 35.5. The van der Waals surface area contributed by atoms with E-state index in [2.05, 4.69) is 42.9 Å². The third kappa shape index (κ3) is 7.67. The van der Waals surface area contributed by atoms with Gasteiger partial charge in [0.25, 0.3) is 0 Å². The first kappa shape index (κ1) is 26.9. The van der Waals surface area contributed by atoms with Crippen LogP contribution in [0.2, 0.25) is 5.02 Å². The Kier molecular flexibility index (Phi) is 10.2. The zero-order valence-electron chi connectivity index (χ0n) is 21.3. The number of unbranched alkanes of at least 4 members (excludes halogenated alkanes) is 9. The van der Waals surface area contributed by atoms with E-state index in [-0.39, 0.29) is 5.41 Å². The topological polar surface area (TPSA) is 63.0 Å². The lowest BCUT2D eigenvalue weighted by molar-refractivity contribution is 0.557. The number of aromatic nitrogens is 4. The van der Waals surface area contributed by atoms with Crippen LogP contribution in [0.5, 0.6) is 0 Å². The smallest absolute Gasteiger partial charge is 0.194 e. The Morgan fingerprint density at radius 3 is 2.09 bits per heavy atom. The fourth-order valence-corrected chi connectivity index (χ4v) is 5.86. The molecular formula is C27H41ClN4OS. The maximum Gasteiger partial charge on any atom is 0.194 e. The number of fused-ring (bicyclic) bond motifs is 1. The quantitative estimate of drug-likeness (QED) is 0.227. The van der Waals surface area contributed by atoms with Crippen LogP contribution >= 0.6 is 11.6 Å². The third-order valence-corrected chi connectivity index (χ3v) is 8.01. The van der Waals surface area contributed by atoms with Crippen molar-refractivity contribution < 1.29 is 4.21 Å². The highest BCUT2D eigenvalue weighted by molar-refractivity contribution is 7.84. The highest BCUT2D eigenvalue weighted by Gasteiger charge is 2.24. The summed E-state index contributed by atoms with van der Waals surface area (Å²) < 4.78 is 14.1. The summed E-state index contributed by atoms with van der Waals surface area (Å²) in [6, 6.07) is 8.06. The SMILES string of the molecule is CCCCCCCCCCCCS(=O)Cc1ccc(-c2nc3c(Cl)c(C(C)(C)C)[nH]n3n2)cc1. The molecule has 1 unspecified atom stereocenters. The second-order valence-electron chi connectivity index (χ2n) is 10.4. The molecule has 0 radical (unpaired) electrons. The number of rotatable bonds is 14. The molecule has 0 saturated carbocycles. The van der Waals surface area contributed by atoms with Gasteiger partial charge < -0.3 is 0 Å². The molecule has 7 heteroatoms. The molecule has 0 saturated heterocycles. The van der Waals surface area contributed by atoms with Crippen LogP contribution in [0.1, 0.15) is 103 Å². The van der Waals surface area contributed by atoms with Gasteiger partial charge in [-0.3, -0.25) is 9.31 Å². The summed E-state index contributed by atoms with van der Waals surface area (Å²) in [5.74, 6) is 2.03. The van der Waals surface area contributed by atoms with Gasteiger partial charge in [-0.05, 0) is 12.0 Å². The molecule has 188 valence electrons. The maximum atomic E-state index is 12.5. The summed E-state index contributed by atoms with van der Waals surface area (Å²) in [5, 5.41) is 8.43. The number of H-pyrrole nitrogens is 1. The van der Waals surface area contributed by atoms with Crippen LogP contribution in [0.3, 0.4) is 0 Å². The lowest BCUT2D eigenvalue weighted by Gasteiger charge is -2.16. The fraction of sp³-hybridized carbons (Fsp3) is 0.630. The van der Waals surface area contributed by atoms with E-state index < -0.39 is 10.8 Å². The van der Waals surface area contributed by atoms with Gasteiger partial charge in [-0.25, -0.2) is 4.98 Å². The van der Waals surface area contributed by atoms with E-state index >= 15 is 0 Å². The van der Waals surface area contributed by atoms with Crippen LogP contribution in [0, 0.1) is 0 Å². The molecule has 5 nitrogen and oxygen atoms in total. The number of aromatic amines is 1. The first-order chi connectivity index (χ1) is 16.3. The monoisotopic (exact) mass is 504 g/mol. The minimum absolute atomic E-state index is 0.106. The van der Waals surface area contributed by atoms with E-state index in [1.807, 2.05) is 24.3 Å². The van der Waals surface area contributed by atoms with Crippen molar-refractivity contribution in [1.29, 1.82) is 0 Å². The zero-order valence-corrected chi connectivity index (χ0v) is 22.9. The summed E-state index contributed by atoms with van der Waals surface area (Å²) in [6.07, 6.45) is 13.0. The van der Waals surface area contributed by atoms with Crippen molar-refractivity contribution in [3.05, 3.63) is 40.5 Å². The van der Waals surface area contributed by atoms with Gasteiger partial charge in [0.05, 0.1) is 5.69 Å². The summed E-state index contributed by atoms with van der Waals surface area (Å²) >= 11 is 6.54. The van der Waals surface area contributed by atoms with E-state index in [4.69, 9.17) is 11.6 Å². The van der Waals surface area contributed by atoms with Gasteiger partial charge in [0.2, 0.25) is 0 Å². The van der Waals surface area contributed by atoms with Crippen molar-refractivity contribution in [1.82, 2.24) is 19.8 Å². The Labute approximate surface area is 212 Å². The zero-order chi connectivity index (χ0) is 24.6. The van der Waals surface area contributed by atoms with Crippen molar-refractivity contribution in [3.63, 3.8) is 0 Å². The van der Waals surface area contributed by atoms with Crippen molar-refractivity contribution >= 4 is 28.0 Å². The standard InChI is InChI=1S/C27H41ClN4OS/c1-5-6-7-8-9-10-11-12-13-14-19-34(33)20-21-15-17-22(18-16-21)25-29-26-23(28)24(27(2,3)4)30-32(26)31-25/h15-18,30H,5-14,19-20H2,1-4H3. The Bertz CT molecular complexity index is 1050. The van der Waals surface area contributed by atoms with Crippen LogP contribution in [0.25, 0.3) is 17.0 Å². The molecule has 0 bridgehead atoms. The highest BCUT2D eigenvalue weighted by Crippen LogP contribution is 2.31. The van der Waals surface area contributed by atoms with E-state index in [1.165, 1.54) is 57.8 Å². The normalized spacial score (nSPS) is 13.1. The van der Waals surface area contributed by atoms with Gasteiger partial charge in [-0.2, -0.15) is 4.63 Å². The minimum atomic E-state index is -0.813. The number of hydrogen-bond donors (Lipinski definition) is 1. The molecule has 0 fully saturated rings. The molecule has 2 heterocycles. The van der Waals surface area contributed by atoms with Crippen LogP contribution in [0.4, 0.5) is 0 Å². The van der Waals surface area contributed by atoms with Gasteiger partial charge in [0, 0.05) is 33.3 Å². The molecule has 1 atom stereocenters. The van der Waals surface area contributed by atoms with Gasteiger partial charge in [0.1, 0.15) is 5.02 Å². The molecule has 0 amide bonds. The van der Waals surface area contributed by atoms with Gasteiger partial charge in [0.15, 0.2) is 11.5 Å². The number of benzene rings is 1. The number of halogens is 1. The molecule has 0 aliphatic carbocycles. The molecule has 0 aliphatic heterocycles. The molecule has 2 aromatic heterocycles. The molecule has 0 aliphatic rings. The number of nitrogens with zero attached hydrogens (tertiary/aromatic N) is 3. The molecule has 3 rings (SSSR count).